The molecule has 0 spiro atoms. The summed E-state index contributed by atoms with van der Waals surface area (Å²) in [5, 5.41) is 13.8. The molecule has 2 N–H and O–H groups in total. The largest absolute Gasteiger partial charge is 0.507 e. The number of unbranched alkanes of at least 4 members (excludes halogenated alkanes) is 13. The summed E-state index contributed by atoms with van der Waals surface area (Å²) in [4.78, 5) is 2.19. The van der Waals surface area contributed by atoms with Gasteiger partial charge in [0.25, 0.3) is 0 Å². The lowest BCUT2D eigenvalue weighted by Gasteiger charge is -2.05. The van der Waals surface area contributed by atoms with E-state index >= 15 is 0 Å². The second-order valence-corrected chi connectivity index (χ2v) is 10.2. The number of hydrazone groups is 1. The lowest BCUT2D eigenvalue weighted by molar-refractivity contribution is 0.474. The summed E-state index contributed by atoms with van der Waals surface area (Å²) in [6.45, 7) is 2.25. The van der Waals surface area contributed by atoms with Crippen molar-refractivity contribution in [2.24, 2.45) is 5.10 Å². The van der Waals surface area contributed by atoms with E-state index in [0.717, 1.165) is 12.8 Å². The number of phenolic OH excluding ortho intramolecular Hbond substituents is 1. The maximum Gasteiger partial charge on any atom is 0.247 e. The molecule has 1 rings (SSSR count). The third kappa shape index (κ3) is 13.9. The van der Waals surface area contributed by atoms with E-state index in [0.29, 0.717) is 17.0 Å². The molecule has 0 aliphatic rings. The van der Waals surface area contributed by atoms with Crippen molar-refractivity contribution in [2.45, 2.75) is 96.8 Å². The van der Waals surface area contributed by atoms with Crippen LogP contribution in [-0.4, -0.2) is 25.5 Å². The van der Waals surface area contributed by atoms with E-state index in [-0.39, 0.29) is 11.5 Å². The Morgan fingerprint density at radius 2 is 1.40 bits per heavy atom. The van der Waals surface area contributed by atoms with Crippen LogP contribution in [0.5, 0.6) is 5.75 Å². The molecule has 0 aromatic heterocycles. The maximum atomic E-state index is 12.0. The van der Waals surface area contributed by atoms with Crippen molar-refractivity contribution in [3.63, 3.8) is 0 Å². The van der Waals surface area contributed by atoms with Crippen molar-refractivity contribution in [1.82, 2.24) is 4.83 Å². The topological polar surface area (TPSA) is 78.8 Å². The third-order valence-electron chi connectivity index (χ3n) is 5.15. The lowest BCUT2D eigenvalue weighted by Crippen LogP contribution is -2.21. The highest BCUT2D eigenvalue weighted by atomic mass is 35.5. The summed E-state index contributed by atoms with van der Waals surface area (Å²) in [7, 11) is -3.45. The van der Waals surface area contributed by atoms with Gasteiger partial charge >= 0.3 is 0 Å². The minimum absolute atomic E-state index is 0.00526. The van der Waals surface area contributed by atoms with Gasteiger partial charge in [-0.25, -0.2) is 13.2 Å². The molecule has 7 heteroatoms. The van der Waals surface area contributed by atoms with Crippen LogP contribution in [0.25, 0.3) is 0 Å². The highest BCUT2D eigenvalue weighted by Crippen LogP contribution is 2.19. The highest BCUT2D eigenvalue weighted by molar-refractivity contribution is 7.89. The number of phenols is 1. The Bertz CT molecular complexity index is 708. The highest BCUT2D eigenvalue weighted by Gasteiger charge is 2.08. The fourth-order valence-corrected chi connectivity index (χ4v) is 4.41. The third-order valence-corrected chi connectivity index (χ3v) is 6.60. The minimum atomic E-state index is -3.45. The molecule has 1 aromatic rings. The molecule has 0 aliphatic heterocycles. The molecule has 0 radical (unpaired) electrons. The van der Waals surface area contributed by atoms with E-state index in [4.69, 9.17) is 11.6 Å². The van der Waals surface area contributed by atoms with Gasteiger partial charge in [-0.2, -0.15) is 5.10 Å². The minimum Gasteiger partial charge on any atom is -0.507 e. The molecule has 0 saturated carbocycles. The number of nitrogens with one attached hydrogen (secondary N) is 1. The van der Waals surface area contributed by atoms with Crippen LogP contribution in [0.1, 0.15) is 102 Å². The van der Waals surface area contributed by atoms with E-state index in [9.17, 15) is 13.5 Å². The van der Waals surface area contributed by atoms with Crippen LogP contribution in [0.2, 0.25) is 5.02 Å². The average Bonchev–Trinajstić information content (AvgIpc) is 2.70. The van der Waals surface area contributed by atoms with Crippen molar-refractivity contribution < 1.29 is 13.5 Å². The number of hydrogen-bond donors (Lipinski definition) is 2. The predicted octanol–water partition coefficient (Wildman–Crippen LogP) is 6.78. The Morgan fingerprint density at radius 3 is 1.93 bits per heavy atom. The molecule has 30 heavy (non-hydrogen) atoms. The van der Waals surface area contributed by atoms with Gasteiger partial charge in [-0.1, -0.05) is 102 Å². The van der Waals surface area contributed by atoms with Crippen LogP contribution in [0.3, 0.4) is 0 Å². The van der Waals surface area contributed by atoms with Crippen LogP contribution in [0.15, 0.2) is 23.3 Å². The van der Waals surface area contributed by atoms with Gasteiger partial charge in [-0.05, 0) is 24.6 Å². The summed E-state index contributed by atoms with van der Waals surface area (Å²) in [5.74, 6) is 0.0542. The SMILES string of the molecule is CCCCCCCCCCCCCCCCS(=O)(=O)NN=Cc1cc(Cl)ccc1O. The molecule has 0 aliphatic carbocycles. The van der Waals surface area contributed by atoms with Crippen LogP contribution in [-0.2, 0) is 10.0 Å². The van der Waals surface area contributed by atoms with Crippen molar-refractivity contribution in [2.75, 3.05) is 5.75 Å². The van der Waals surface area contributed by atoms with E-state index in [1.807, 2.05) is 0 Å². The zero-order chi connectivity index (χ0) is 22.1. The molecule has 0 fully saturated rings. The Morgan fingerprint density at radius 1 is 0.900 bits per heavy atom. The summed E-state index contributed by atoms with van der Waals surface area (Å²) >= 11 is 5.85. The summed E-state index contributed by atoms with van der Waals surface area (Å²) in [6, 6.07) is 4.50. The first kappa shape index (κ1) is 26.8. The monoisotopic (exact) mass is 458 g/mol. The number of hydrogen-bond acceptors (Lipinski definition) is 4. The Kier molecular flexibility index (Phi) is 14.7. The standard InChI is InChI=1S/C23H39ClN2O3S/c1-2-3-4-5-6-7-8-9-10-11-12-13-14-15-18-30(28,29)26-25-20-21-19-22(24)16-17-23(21)27/h16-17,19-20,26-27H,2-15,18H2,1H3. The quantitative estimate of drug-likeness (QED) is 0.144. The van der Waals surface area contributed by atoms with Crippen LogP contribution >= 0.6 is 11.6 Å². The number of sulfonamides is 1. The summed E-state index contributed by atoms with van der Waals surface area (Å²) in [5.41, 5.74) is 0.363. The van der Waals surface area contributed by atoms with Gasteiger partial charge in [0.2, 0.25) is 10.0 Å². The van der Waals surface area contributed by atoms with Crippen molar-refractivity contribution in [3.8, 4) is 5.75 Å². The zero-order valence-electron chi connectivity index (χ0n) is 18.4. The van der Waals surface area contributed by atoms with Gasteiger partial charge < -0.3 is 5.11 Å². The first-order chi connectivity index (χ1) is 14.4. The molecule has 0 heterocycles. The maximum absolute atomic E-state index is 12.0. The second-order valence-electron chi connectivity index (χ2n) is 7.97. The van der Waals surface area contributed by atoms with Crippen molar-refractivity contribution in [1.29, 1.82) is 0 Å². The molecular formula is C23H39ClN2O3S. The molecule has 5 nitrogen and oxygen atoms in total. The molecule has 172 valence electrons. The molecule has 0 unspecified atom stereocenters. The Labute approximate surface area is 188 Å². The van der Waals surface area contributed by atoms with E-state index in [2.05, 4.69) is 16.9 Å². The van der Waals surface area contributed by atoms with Gasteiger partial charge in [0.15, 0.2) is 0 Å². The Hall–Kier alpha value is -1.27. The van der Waals surface area contributed by atoms with Gasteiger partial charge in [-0.15, -0.1) is 0 Å². The molecule has 0 atom stereocenters. The fourth-order valence-electron chi connectivity index (χ4n) is 3.34. The zero-order valence-corrected chi connectivity index (χ0v) is 20.0. The summed E-state index contributed by atoms with van der Waals surface area (Å²) in [6.07, 6.45) is 18.5. The smallest absolute Gasteiger partial charge is 0.247 e. The number of rotatable bonds is 18. The van der Waals surface area contributed by atoms with E-state index < -0.39 is 10.0 Å². The number of aromatic hydroxyl groups is 1. The predicted molar refractivity (Wildman–Crippen MR) is 128 cm³/mol. The van der Waals surface area contributed by atoms with Crippen LogP contribution in [0, 0.1) is 0 Å². The number of benzene rings is 1. The van der Waals surface area contributed by atoms with Gasteiger partial charge in [0.1, 0.15) is 5.75 Å². The van der Waals surface area contributed by atoms with Crippen molar-refractivity contribution >= 4 is 27.8 Å². The molecular weight excluding hydrogens is 420 g/mol. The number of halogens is 1. The van der Waals surface area contributed by atoms with Crippen molar-refractivity contribution in [3.05, 3.63) is 28.8 Å². The number of nitrogens with zero attached hydrogens (tertiary/aromatic N) is 1. The first-order valence-corrected chi connectivity index (χ1v) is 13.5. The van der Waals surface area contributed by atoms with Gasteiger partial charge in [0, 0.05) is 10.6 Å². The normalized spacial score (nSPS) is 11.9. The van der Waals surface area contributed by atoms with Crippen LogP contribution in [0.4, 0.5) is 0 Å². The lowest BCUT2D eigenvalue weighted by atomic mass is 10.0. The summed E-state index contributed by atoms with van der Waals surface area (Å²) < 4.78 is 24.0. The van der Waals surface area contributed by atoms with Gasteiger partial charge in [0.05, 0.1) is 12.0 Å². The van der Waals surface area contributed by atoms with E-state index in [1.165, 1.54) is 89.0 Å². The van der Waals surface area contributed by atoms with Crippen LogP contribution < -0.4 is 4.83 Å². The molecule has 0 amide bonds. The second kappa shape index (κ2) is 16.4. The molecule has 0 saturated heterocycles. The molecule has 1 aromatic carbocycles. The Balaban J connectivity index is 2.01. The fraction of sp³-hybridized carbons (Fsp3) is 0.696. The van der Waals surface area contributed by atoms with Gasteiger partial charge in [-0.3, -0.25) is 0 Å². The average molecular weight is 459 g/mol. The van der Waals surface area contributed by atoms with E-state index in [1.54, 1.807) is 6.07 Å². The molecule has 0 bridgehead atoms. The first-order valence-electron chi connectivity index (χ1n) is 11.5.